The molecule has 1 N–H and O–H groups in total. The fourth-order valence-electron chi connectivity index (χ4n) is 3.96. The molecule has 0 unspecified atom stereocenters. The van der Waals surface area contributed by atoms with Crippen LogP contribution in [0, 0.1) is 18.3 Å². The van der Waals surface area contributed by atoms with Crippen LogP contribution in [0.1, 0.15) is 24.0 Å². The standard InChI is InChI=1S/C26H27N3O3/c1-19-7-2-5-11-25(19)32-14-12-29-18-21(23-9-3-4-10-24(23)29)15-20(16-27)26(30)28-17-22-8-6-13-31-22/h2-5,7,9-11,15,18,22H,6,8,12-14,17H2,1H3,(H,28,30)/b20-15+/t22-/m0/s1. The molecule has 2 aromatic carbocycles. The zero-order valence-corrected chi connectivity index (χ0v) is 18.2. The third-order valence-corrected chi connectivity index (χ3v) is 5.68. The van der Waals surface area contributed by atoms with E-state index in [9.17, 15) is 10.1 Å². The van der Waals surface area contributed by atoms with Crippen LogP contribution in [-0.4, -0.2) is 36.3 Å². The molecule has 3 aromatic rings. The normalized spacial score (nSPS) is 16.1. The Morgan fingerprint density at radius 3 is 2.88 bits per heavy atom. The summed E-state index contributed by atoms with van der Waals surface area (Å²) >= 11 is 0. The van der Waals surface area contributed by atoms with Gasteiger partial charge in [0.25, 0.3) is 5.91 Å². The van der Waals surface area contributed by atoms with Crippen LogP contribution in [0.4, 0.5) is 0 Å². The van der Waals surface area contributed by atoms with Gasteiger partial charge in [-0.15, -0.1) is 0 Å². The number of rotatable bonds is 8. The minimum atomic E-state index is -0.372. The van der Waals surface area contributed by atoms with Crippen molar-refractivity contribution in [2.75, 3.05) is 19.8 Å². The molecule has 32 heavy (non-hydrogen) atoms. The first kappa shape index (κ1) is 21.7. The number of nitriles is 1. The monoisotopic (exact) mass is 429 g/mol. The molecule has 1 atom stereocenters. The van der Waals surface area contributed by atoms with Gasteiger partial charge in [-0.2, -0.15) is 5.26 Å². The maximum absolute atomic E-state index is 12.6. The number of aromatic nitrogens is 1. The zero-order chi connectivity index (χ0) is 22.3. The highest BCUT2D eigenvalue weighted by Gasteiger charge is 2.18. The molecule has 6 nitrogen and oxygen atoms in total. The van der Waals surface area contributed by atoms with E-state index in [-0.39, 0.29) is 17.6 Å². The summed E-state index contributed by atoms with van der Waals surface area (Å²) in [6.07, 6.45) is 5.61. The van der Waals surface area contributed by atoms with Gasteiger partial charge in [-0.05, 0) is 43.5 Å². The quantitative estimate of drug-likeness (QED) is 0.429. The predicted octanol–water partition coefficient (Wildman–Crippen LogP) is 4.23. The number of benzene rings is 2. The van der Waals surface area contributed by atoms with Crippen LogP contribution in [0.2, 0.25) is 0 Å². The van der Waals surface area contributed by atoms with Crippen molar-refractivity contribution in [3.05, 3.63) is 71.4 Å². The van der Waals surface area contributed by atoms with Crippen LogP contribution < -0.4 is 10.1 Å². The summed E-state index contributed by atoms with van der Waals surface area (Å²) in [6, 6.07) is 18.0. The Balaban J connectivity index is 1.50. The fraction of sp³-hybridized carbons (Fsp3) is 0.308. The first-order valence-electron chi connectivity index (χ1n) is 10.9. The molecule has 0 aliphatic carbocycles. The van der Waals surface area contributed by atoms with Crippen molar-refractivity contribution in [3.8, 4) is 11.8 Å². The molecule has 0 radical (unpaired) electrons. The van der Waals surface area contributed by atoms with E-state index in [0.717, 1.165) is 47.2 Å². The summed E-state index contributed by atoms with van der Waals surface area (Å²) in [5.41, 5.74) is 3.05. The second-order valence-corrected chi connectivity index (χ2v) is 7.92. The fourth-order valence-corrected chi connectivity index (χ4v) is 3.96. The van der Waals surface area contributed by atoms with Gasteiger partial charge in [-0.3, -0.25) is 4.79 Å². The molecular formula is C26H27N3O3. The van der Waals surface area contributed by atoms with E-state index in [1.54, 1.807) is 6.08 Å². The Kier molecular flexibility index (Phi) is 6.88. The highest BCUT2D eigenvalue weighted by molar-refractivity contribution is 6.04. The van der Waals surface area contributed by atoms with Gasteiger partial charge in [-0.25, -0.2) is 0 Å². The van der Waals surface area contributed by atoms with Gasteiger partial charge in [-0.1, -0.05) is 36.4 Å². The van der Waals surface area contributed by atoms with Gasteiger partial charge in [0, 0.05) is 35.8 Å². The number of ether oxygens (including phenoxy) is 2. The van der Waals surface area contributed by atoms with Gasteiger partial charge in [0.05, 0.1) is 12.6 Å². The number of carbonyl (C=O) groups excluding carboxylic acids is 1. The maximum atomic E-state index is 12.6. The van der Waals surface area contributed by atoms with Gasteiger partial charge in [0.15, 0.2) is 0 Å². The molecule has 2 heterocycles. The second kappa shape index (κ2) is 10.2. The Labute approximate surface area is 188 Å². The SMILES string of the molecule is Cc1ccccc1OCCn1cc(/C=C(\C#N)C(=O)NC[C@@H]2CCCO2)c2ccccc21. The summed E-state index contributed by atoms with van der Waals surface area (Å²) in [7, 11) is 0. The number of nitrogens with one attached hydrogen (secondary N) is 1. The van der Waals surface area contributed by atoms with Crippen molar-refractivity contribution >= 4 is 22.9 Å². The molecule has 6 heteroatoms. The molecule has 0 bridgehead atoms. The first-order chi connectivity index (χ1) is 15.7. The molecule has 1 saturated heterocycles. The third-order valence-electron chi connectivity index (χ3n) is 5.68. The number of hydrogen-bond acceptors (Lipinski definition) is 4. The molecule has 1 aliphatic heterocycles. The second-order valence-electron chi connectivity index (χ2n) is 7.92. The molecule has 1 fully saturated rings. The summed E-state index contributed by atoms with van der Waals surface area (Å²) in [5, 5.41) is 13.4. The van der Waals surface area contributed by atoms with Crippen LogP contribution in [0.25, 0.3) is 17.0 Å². The van der Waals surface area contributed by atoms with E-state index >= 15 is 0 Å². The number of hydrogen-bond donors (Lipinski definition) is 1. The highest BCUT2D eigenvalue weighted by atomic mass is 16.5. The molecular weight excluding hydrogens is 402 g/mol. The number of aryl methyl sites for hydroxylation is 1. The van der Waals surface area contributed by atoms with E-state index in [4.69, 9.17) is 9.47 Å². The van der Waals surface area contributed by atoms with Gasteiger partial charge in [0.2, 0.25) is 0 Å². The zero-order valence-electron chi connectivity index (χ0n) is 18.2. The smallest absolute Gasteiger partial charge is 0.262 e. The average molecular weight is 430 g/mol. The van der Waals surface area contributed by atoms with E-state index < -0.39 is 0 Å². The van der Waals surface area contributed by atoms with Crippen molar-refractivity contribution in [1.82, 2.24) is 9.88 Å². The lowest BCUT2D eigenvalue weighted by molar-refractivity contribution is -0.117. The van der Waals surface area contributed by atoms with Crippen LogP contribution in [0.3, 0.4) is 0 Å². The van der Waals surface area contributed by atoms with Crippen molar-refractivity contribution in [2.45, 2.75) is 32.4 Å². The van der Waals surface area contributed by atoms with E-state index in [2.05, 4.69) is 9.88 Å². The topological polar surface area (TPSA) is 76.3 Å². The lowest BCUT2D eigenvalue weighted by Gasteiger charge is -2.10. The van der Waals surface area contributed by atoms with Crippen LogP contribution in [0.5, 0.6) is 5.75 Å². The molecule has 1 aromatic heterocycles. The van der Waals surface area contributed by atoms with E-state index in [0.29, 0.717) is 19.7 Å². The van der Waals surface area contributed by atoms with Crippen molar-refractivity contribution in [1.29, 1.82) is 5.26 Å². The summed E-state index contributed by atoms with van der Waals surface area (Å²) in [4.78, 5) is 12.6. The predicted molar refractivity (Wildman–Crippen MR) is 124 cm³/mol. The molecule has 164 valence electrons. The summed E-state index contributed by atoms with van der Waals surface area (Å²) in [6.45, 7) is 4.34. The largest absolute Gasteiger partial charge is 0.491 e. The Morgan fingerprint density at radius 1 is 1.28 bits per heavy atom. The number of nitrogens with zero attached hydrogens (tertiary/aromatic N) is 2. The van der Waals surface area contributed by atoms with E-state index in [1.807, 2.05) is 67.7 Å². The van der Waals surface area contributed by atoms with E-state index in [1.165, 1.54) is 0 Å². The van der Waals surface area contributed by atoms with Crippen LogP contribution in [0.15, 0.2) is 60.3 Å². The highest BCUT2D eigenvalue weighted by Crippen LogP contribution is 2.24. The third kappa shape index (κ3) is 5.01. The molecule has 1 amide bonds. The molecule has 0 saturated carbocycles. The van der Waals surface area contributed by atoms with Crippen molar-refractivity contribution in [2.24, 2.45) is 0 Å². The Morgan fingerprint density at radius 2 is 2.09 bits per heavy atom. The van der Waals surface area contributed by atoms with Gasteiger partial charge in [0.1, 0.15) is 24.0 Å². The lowest BCUT2D eigenvalue weighted by atomic mass is 10.1. The number of carbonyl (C=O) groups is 1. The maximum Gasteiger partial charge on any atom is 0.262 e. The Bertz CT molecular complexity index is 1170. The molecule has 4 rings (SSSR count). The molecule has 1 aliphatic rings. The number of amides is 1. The van der Waals surface area contributed by atoms with Crippen molar-refractivity contribution in [3.63, 3.8) is 0 Å². The van der Waals surface area contributed by atoms with Crippen LogP contribution >= 0.6 is 0 Å². The first-order valence-corrected chi connectivity index (χ1v) is 10.9. The summed E-state index contributed by atoms with van der Waals surface area (Å²) in [5.74, 6) is 0.501. The Hall–Kier alpha value is -3.56. The minimum absolute atomic E-state index is 0.0362. The number of para-hydroxylation sites is 2. The summed E-state index contributed by atoms with van der Waals surface area (Å²) < 4.78 is 13.6. The lowest BCUT2D eigenvalue weighted by Crippen LogP contribution is -2.32. The number of fused-ring (bicyclic) bond motifs is 1. The van der Waals surface area contributed by atoms with Crippen molar-refractivity contribution < 1.29 is 14.3 Å². The molecule has 0 spiro atoms. The van der Waals surface area contributed by atoms with Gasteiger partial charge >= 0.3 is 0 Å². The minimum Gasteiger partial charge on any atom is -0.491 e. The average Bonchev–Trinajstić information content (AvgIpc) is 3.45. The van der Waals surface area contributed by atoms with Crippen LogP contribution in [-0.2, 0) is 16.1 Å². The van der Waals surface area contributed by atoms with Gasteiger partial charge < -0.3 is 19.4 Å².